The first-order valence-electron chi connectivity index (χ1n) is 8.33. The highest BCUT2D eigenvalue weighted by Gasteiger charge is 2.36. The van der Waals surface area contributed by atoms with Crippen LogP contribution < -0.4 is 4.74 Å². The van der Waals surface area contributed by atoms with Crippen LogP contribution in [0.25, 0.3) is 5.69 Å². The maximum absolute atomic E-state index is 12.7. The van der Waals surface area contributed by atoms with Crippen LogP contribution in [0.1, 0.15) is 10.4 Å². The number of carbonyl (C=O) groups is 1. The highest BCUT2D eigenvalue weighted by atomic mass is 16.5. The van der Waals surface area contributed by atoms with Crippen molar-refractivity contribution in [1.82, 2.24) is 24.5 Å². The number of rotatable bonds is 4. The molecule has 1 fully saturated rings. The summed E-state index contributed by atoms with van der Waals surface area (Å²) in [5, 5.41) is 18.4. The van der Waals surface area contributed by atoms with Crippen LogP contribution in [-0.4, -0.2) is 60.8 Å². The van der Waals surface area contributed by atoms with E-state index in [4.69, 9.17) is 4.74 Å². The SMILES string of the molecule is Cn1cc(O[C@@H]2CN(C(=O)c3ccc(-n4cccn4)cc3)C[C@H]2O)cn1. The van der Waals surface area contributed by atoms with Gasteiger partial charge in [0.1, 0.15) is 12.2 Å². The predicted octanol–water partition coefficient (Wildman–Crippen LogP) is 0.870. The second-order valence-electron chi connectivity index (χ2n) is 6.28. The fourth-order valence-corrected chi connectivity index (χ4v) is 3.03. The van der Waals surface area contributed by atoms with Crippen molar-refractivity contribution in [1.29, 1.82) is 0 Å². The molecule has 1 aliphatic heterocycles. The number of amides is 1. The molecule has 1 amide bonds. The Bertz CT molecular complexity index is 888. The standard InChI is InChI=1S/C18H19N5O3/c1-21-10-15(9-20-21)26-17-12-22(11-16(17)24)18(25)13-3-5-14(6-4-13)23-8-2-7-19-23/h2-10,16-17,24H,11-12H2,1H3/t16-,17-/m1/s1. The minimum absolute atomic E-state index is 0.131. The third-order valence-corrected chi connectivity index (χ3v) is 4.38. The molecule has 2 atom stereocenters. The molecule has 26 heavy (non-hydrogen) atoms. The Kier molecular flexibility index (Phi) is 4.18. The van der Waals surface area contributed by atoms with Crippen molar-refractivity contribution in [3.63, 3.8) is 0 Å². The van der Waals surface area contributed by atoms with Crippen molar-refractivity contribution in [3.05, 3.63) is 60.7 Å². The smallest absolute Gasteiger partial charge is 0.254 e. The lowest BCUT2D eigenvalue weighted by molar-refractivity contribution is 0.0729. The van der Waals surface area contributed by atoms with Crippen LogP contribution >= 0.6 is 0 Å². The fraction of sp³-hybridized carbons (Fsp3) is 0.278. The topological polar surface area (TPSA) is 85.4 Å². The Balaban J connectivity index is 1.43. The van der Waals surface area contributed by atoms with Gasteiger partial charge in [-0.1, -0.05) is 0 Å². The van der Waals surface area contributed by atoms with E-state index in [0.717, 1.165) is 5.69 Å². The molecule has 2 aromatic heterocycles. The molecule has 4 rings (SSSR count). The fourth-order valence-electron chi connectivity index (χ4n) is 3.03. The number of carbonyl (C=O) groups excluding carboxylic acids is 1. The van der Waals surface area contributed by atoms with E-state index in [1.54, 1.807) is 52.0 Å². The first kappa shape index (κ1) is 16.3. The van der Waals surface area contributed by atoms with E-state index < -0.39 is 12.2 Å². The van der Waals surface area contributed by atoms with Gasteiger partial charge < -0.3 is 14.7 Å². The Morgan fingerprint density at radius 1 is 1.23 bits per heavy atom. The molecule has 134 valence electrons. The van der Waals surface area contributed by atoms with Gasteiger partial charge in [0.05, 0.1) is 31.2 Å². The van der Waals surface area contributed by atoms with Gasteiger partial charge in [-0.25, -0.2) is 4.68 Å². The lowest BCUT2D eigenvalue weighted by Gasteiger charge is -2.16. The zero-order valence-electron chi connectivity index (χ0n) is 14.3. The van der Waals surface area contributed by atoms with Crippen LogP contribution in [0.2, 0.25) is 0 Å². The van der Waals surface area contributed by atoms with Crippen LogP contribution in [0, 0.1) is 0 Å². The number of β-amino-alcohol motifs (C(OH)–C–C–N with tert-alkyl or cyclic N) is 1. The van der Waals surface area contributed by atoms with Gasteiger partial charge in [0.25, 0.3) is 5.91 Å². The number of hydrogen-bond acceptors (Lipinski definition) is 5. The molecule has 0 aliphatic carbocycles. The maximum atomic E-state index is 12.7. The van der Waals surface area contributed by atoms with Crippen molar-refractivity contribution in [3.8, 4) is 11.4 Å². The molecule has 1 saturated heterocycles. The summed E-state index contributed by atoms with van der Waals surface area (Å²) < 4.78 is 9.11. The third kappa shape index (κ3) is 3.18. The van der Waals surface area contributed by atoms with E-state index in [9.17, 15) is 9.90 Å². The minimum atomic E-state index is -0.734. The summed E-state index contributed by atoms with van der Waals surface area (Å²) in [5.41, 5.74) is 1.45. The summed E-state index contributed by atoms with van der Waals surface area (Å²) in [6.45, 7) is 0.570. The Hall–Kier alpha value is -3.13. The molecule has 0 radical (unpaired) electrons. The van der Waals surface area contributed by atoms with Crippen molar-refractivity contribution in [2.45, 2.75) is 12.2 Å². The van der Waals surface area contributed by atoms with Gasteiger partial charge in [0.2, 0.25) is 0 Å². The van der Waals surface area contributed by atoms with Crippen LogP contribution in [0.5, 0.6) is 5.75 Å². The average molecular weight is 353 g/mol. The zero-order valence-corrected chi connectivity index (χ0v) is 14.3. The third-order valence-electron chi connectivity index (χ3n) is 4.38. The number of aromatic nitrogens is 4. The number of nitrogens with zero attached hydrogens (tertiary/aromatic N) is 5. The molecule has 8 nitrogen and oxygen atoms in total. The Labute approximate surface area is 150 Å². The highest BCUT2D eigenvalue weighted by molar-refractivity contribution is 5.94. The molecule has 8 heteroatoms. The van der Waals surface area contributed by atoms with Gasteiger partial charge in [-0.3, -0.25) is 9.48 Å². The number of benzene rings is 1. The normalized spacial score (nSPS) is 19.7. The first-order chi connectivity index (χ1) is 12.6. The molecule has 1 N–H and O–H groups in total. The second kappa shape index (κ2) is 6.64. The van der Waals surface area contributed by atoms with Crippen LogP contribution in [0.3, 0.4) is 0 Å². The molecule has 1 aromatic carbocycles. The molecular weight excluding hydrogens is 334 g/mol. The molecule has 0 spiro atoms. The lowest BCUT2D eigenvalue weighted by Crippen LogP contribution is -2.31. The van der Waals surface area contributed by atoms with Gasteiger partial charge in [0.15, 0.2) is 5.75 Å². The van der Waals surface area contributed by atoms with Crippen LogP contribution in [0.4, 0.5) is 0 Å². The summed E-state index contributed by atoms with van der Waals surface area (Å²) in [4.78, 5) is 14.3. The van der Waals surface area contributed by atoms with E-state index in [2.05, 4.69) is 10.2 Å². The second-order valence-corrected chi connectivity index (χ2v) is 6.28. The largest absolute Gasteiger partial charge is 0.482 e. The number of hydrogen-bond donors (Lipinski definition) is 1. The van der Waals surface area contributed by atoms with Gasteiger partial charge in [-0.05, 0) is 30.3 Å². The zero-order chi connectivity index (χ0) is 18.1. The molecular formula is C18H19N5O3. The van der Waals surface area contributed by atoms with E-state index in [-0.39, 0.29) is 12.5 Å². The van der Waals surface area contributed by atoms with E-state index in [1.165, 1.54) is 0 Å². The molecule has 0 bridgehead atoms. The van der Waals surface area contributed by atoms with Gasteiger partial charge in [-0.15, -0.1) is 0 Å². The van der Waals surface area contributed by atoms with E-state index >= 15 is 0 Å². The van der Waals surface area contributed by atoms with Gasteiger partial charge in [-0.2, -0.15) is 10.2 Å². The van der Waals surface area contributed by atoms with Gasteiger partial charge >= 0.3 is 0 Å². The monoisotopic (exact) mass is 353 g/mol. The summed E-state index contributed by atoms with van der Waals surface area (Å²) >= 11 is 0. The summed E-state index contributed by atoms with van der Waals surface area (Å²) in [5.74, 6) is 0.447. The van der Waals surface area contributed by atoms with Crippen LogP contribution in [0.15, 0.2) is 55.1 Å². The van der Waals surface area contributed by atoms with Crippen molar-refractivity contribution in [2.75, 3.05) is 13.1 Å². The average Bonchev–Trinajstić information content (AvgIpc) is 3.38. The maximum Gasteiger partial charge on any atom is 0.254 e. The van der Waals surface area contributed by atoms with Crippen LogP contribution in [-0.2, 0) is 7.05 Å². The predicted molar refractivity (Wildman–Crippen MR) is 93.1 cm³/mol. The first-order valence-corrected chi connectivity index (χ1v) is 8.33. The van der Waals surface area contributed by atoms with Crippen molar-refractivity contribution < 1.29 is 14.6 Å². The summed E-state index contributed by atoms with van der Waals surface area (Å²) in [6.07, 6.45) is 5.66. The quantitative estimate of drug-likeness (QED) is 0.752. The number of likely N-dealkylation sites (tertiary alicyclic amines) is 1. The highest BCUT2D eigenvalue weighted by Crippen LogP contribution is 2.20. The lowest BCUT2D eigenvalue weighted by atomic mass is 10.2. The number of ether oxygens (including phenoxy) is 1. The summed E-state index contributed by atoms with van der Waals surface area (Å²) in [6, 6.07) is 9.06. The summed E-state index contributed by atoms with van der Waals surface area (Å²) in [7, 11) is 1.79. The molecule has 0 saturated carbocycles. The van der Waals surface area contributed by atoms with E-state index in [0.29, 0.717) is 17.9 Å². The number of aliphatic hydroxyl groups excluding tert-OH is 1. The molecule has 0 unspecified atom stereocenters. The van der Waals surface area contributed by atoms with Crippen molar-refractivity contribution in [2.24, 2.45) is 7.05 Å². The Morgan fingerprint density at radius 3 is 2.69 bits per heavy atom. The van der Waals surface area contributed by atoms with Crippen molar-refractivity contribution >= 4 is 5.91 Å². The number of aryl methyl sites for hydroxylation is 1. The number of aliphatic hydroxyl groups is 1. The Morgan fingerprint density at radius 2 is 2.04 bits per heavy atom. The van der Waals surface area contributed by atoms with Gasteiger partial charge in [0, 0.05) is 25.0 Å². The molecule has 1 aliphatic rings. The molecule has 3 aromatic rings. The van der Waals surface area contributed by atoms with E-state index in [1.807, 2.05) is 24.4 Å². The minimum Gasteiger partial charge on any atom is -0.482 e. The molecule has 3 heterocycles.